The number of hydrogen-bond acceptors (Lipinski definition) is 3. The van der Waals surface area contributed by atoms with Crippen molar-refractivity contribution in [1.82, 2.24) is 15.1 Å². The van der Waals surface area contributed by atoms with Gasteiger partial charge in [0, 0.05) is 18.3 Å². The standard InChI is InChI=1S/C20H19N3O2/c1-15-7-9-17(10-8-15)19(24)20(25)21-12-11-16-13-22-23(14-16)18-5-3-2-4-6-18/h2-10,13-14H,11-12H2,1H3,(H,21,25). The van der Waals surface area contributed by atoms with Crippen molar-refractivity contribution >= 4 is 11.7 Å². The summed E-state index contributed by atoms with van der Waals surface area (Å²) in [7, 11) is 0. The molecular formula is C20H19N3O2. The number of amides is 1. The molecule has 0 spiro atoms. The van der Waals surface area contributed by atoms with E-state index >= 15 is 0 Å². The van der Waals surface area contributed by atoms with Gasteiger partial charge < -0.3 is 5.32 Å². The zero-order valence-electron chi connectivity index (χ0n) is 14.0. The highest BCUT2D eigenvalue weighted by atomic mass is 16.2. The summed E-state index contributed by atoms with van der Waals surface area (Å²) in [5.74, 6) is -1.10. The third-order valence-corrected chi connectivity index (χ3v) is 3.88. The van der Waals surface area contributed by atoms with E-state index in [1.165, 1.54) is 0 Å². The Bertz CT molecular complexity index is 867. The van der Waals surface area contributed by atoms with Crippen molar-refractivity contribution in [3.8, 4) is 5.69 Å². The Morgan fingerprint density at radius 1 is 1.04 bits per heavy atom. The van der Waals surface area contributed by atoms with Crippen molar-refractivity contribution in [2.24, 2.45) is 0 Å². The summed E-state index contributed by atoms with van der Waals surface area (Å²) in [6.45, 7) is 2.32. The fourth-order valence-electron chi connectivity index (χ4n) is 2.45. The highest BCUT2D eigenvalue weighted by Gasteiger charge is 2.15. The van der Waals surface area contributed by atoms with Crippen molar-refractivity contribution < 1.29 is 9.59 Å². The van der Waals surface area contributed by atoms with Gasteiger partial charge in [0.2, 0.25) is 5.78 Å². The van der Waals surface area contributed by atoms with Crippen LogP contribution in [0.2, 0.25) is 0 Å². The quantitative estimate of drug-likeness (QED) is 0.557. The van der Waals surface area contributed by atoms with Crippen molar-refractivity contribution in [3.05, 3.63) is 83.7 Å². The second-order valence-electron chi connectivity index (χ2n) is 5.83. The molecule has 2 aromatic carbocycles. The van der Waals surface area contributed by atoms with Gasteiger partial charge in [-0.05, 0) is 31.0 Å². The number of para-hydroxylation sites is 1. The van der Waals surface area contributed by atoms with Gasteiger partial charge in [-0.1, -0.05) is 48.0 Å². The van der Waals surface area contributed by atoms with Gasteiger partial charge in [-0.2, -0.15) is 5.10 Å². The molecule has 0 radical (unpaired) electrons. The van der Waals surface area contributed by atoms with Gasteiger partial charge in [0.25, 0.3) is 5.91 Å². The number of carbonyl (C=O) groups excluding carboxylic acids is 2. The van der Waals surface area contributed by atoms with Crippen LogP contribution in [0.5, 0.6) is 0 Å². The number of ketones is 1. The largest absolute Gasteiger partial charge is 0.349 e. The number of benzene rings is 2. The van der Waals surface area contributed by atoms with E-state index in [1.807, 2.05) is 55.6 Å². The number of carbonyl (C=O) groups is 2. The zero-order valence-corrected chi connectivity index (χ0v) is 14.0. The molecule has 25 heavy (non-hydrogen) atoms. The molecule has 0 aliphatic heterocycles. The maximum absolute atomic E-state index is 12.1. The molecule has 0 aliphatic rings. The molecular weight excluding hydrogens is 314 g/mol. The second kappa shape index (κ2) is 7.57. The highest BCUT2D eigenvalue weighted by Crippen LogP contribution is 2.08. The summed E-state index contributed by atoms with van der Waals surface area (Å²) in [6, 6.07) is 16.8. The minimum atomic E-state index is -0.584. The number of rotatable bonds is 6. The number of nitrogens with one attached hydrogen (secondary N) is 1. The third kappa shape index (κ3) is 4.20. The van der Waals surface area contributed by atoms with Crippen LogP contribution in [0.4, 0.5) is 0 Å². The van der Waals surface area contributed by atoms with Crippen LogP contribution < -0.4 is 5.32 Å². The van der Waals surface area contributed by atoms with Crippen LogP contribution in [0.15, 0.2) is 67.0 Å². The maximum atomic E-state index is 12.1. The molecule has 1 aromatic heterocycles. The molecule has 5 nitrogen and oxygen atoms in total. The molecule has 0 unspecified atom stereocenters. The Balaban J connectivity index is 1.53. The normalized spacial score (nSPS) is 10.4. The minimum Gasteiger partial charge on any atom is -0.349 e. The van der Waals surface area contributed by atoms with E-state index in [0.717, 1.165) is 16.8 Å². The van der Waals surface area contributed by atoms with E-state index in [1.54, 1.807) is 23.0 Å². The van der Waals surface area contributed by atoms with Gasteiger partial charge in [0.1, 0.15) is 0 Å². The lowest BCUT2D eigenvalue weighted by atomic mass is 10.1. The monoisotopic (exact) mass is 333 g/mol. The first-order valence-corrected chi connectivity index (χ1v) is 8.11. The molecule has 3 rings (SSSR count). The molecule has 0 fully saturated rings. The van der Waals surface area contributed by atoms with Crippen LogP contribution in [0, 0.1) is 6.92 Å². The van der Waals surface area contributed by atoms with Crippen molar-refractivity contribution in [1.29, 1.82) is 0 Å². The summed E-state index contributed by atoms with van der Waals surface area (Å²) in [4.78, 5) is 24.0. The van der Waals surface area contributed by atoms with E-state index in [2.05, 4.69) is 10.4 Å². The smallest absolute Gasteiger partial charge is 0.292 e. The summed E-state index contributed by atoms with van der Waals surface area (Å²) >= 11 is 0. The predicted molar refractivity (Wildman–Crippen MR) is 95.8 cm³/mol. The summed E-state index contributed by atoms with van der Waals surface area (Å²) < 4.78 is 1.79. The van der Waals surface area contributed by atoms with E-state index in [4.69, 9.17) is 0 Å². The Hall–Kier alpha value is -3.21. The molecule has 3 aromatic rings. The van der Waals surface area contributed by atoms with Gasteiger partial charge in [-0.15, -0.1) is 0 Å². The Morgan fingerprint density at radius 2 is 1.76 bits per heavy atom. The maximum Gasteiger partial charge on any atom is 0.292 e. The molecule has 1 heterocycles. The average molecular weight is 333 g/mol. The van der Waals surface area contributed by atoms with Crippen LogP contribution in [-0.4, -0.2) is 28.0 Å². The SMILES string of the molecule is Cc1ccc(C(=O)C(=O)NCCc2cnn(-c3ccccc3)c2)cc1. The Morgan fingerprint density at radius 3 is 2.48 bits per heavy atom. The van der Waals surface area contributed by atoms with Crippen molar-refractivity contribution in [2.45, 2.75) is 13.3 Å². The fraction of sp³-hybridized carbons (Fsp3) is 0.150. The van der Waals surface area contributed by atoms with Crippen molar-refractivity contribution in [2.75, 3.05) is 6.54 Å². The highest BCUT2D eigenvalue weighted by molar-refractivity contribution is 6.42. The minimum absolute atomic E-state index is 0.386. The Labute approximate surface area is 146 Å². The molecule has 0 bridgehead atoms. The van der Waals surface area contributed by atoms with Gasteiger partial charge in [0.05, 0.1) is 11.9 Å². The lowest BCUT2D eigenvalue weighted by molar-refractivity contribution is -0.116. The first kappa shape index (κ1) is 16.6. The molecule has 1 amide bonds. The molecule has 0 atom stereocenters. The van der Waals surface area contributed by atoms with E-state index in [0.29, 0.717) is 18.5 Å². The number of aryl methyl sites for hydroxylation is 1. The van der Waals surface area contributed by atoms with Gasteiger partial charge >= 0.3 is 0 Å². The molecule has 0 saturated carbocycles. The number of nitrogens with zero attached hydrogens (tertiary/aromatic N) is 2. The van der Waals surface area contributed by atoms with Gasteiger partial charge in [-0.3, -0.25) is 9.59 Å². The lowest BCUT2D eigenvalue weighted by Gasteiger charge is -2.04. The average Bonchev–Trinajstić information content (AvgIpc) is 3.11. The van der Waals surface area contributed by atoms with Crippen LogP contribution in [-0.2, 0) is 11.2 Å². The Kier molecular flexibility index (Phi) is 5.04. The van der Waals surface area contributed by atoms with Crippen LogP contribution in [0.1, 0.15) is 21.5 Å². The molecule has 126 valence electrons. The fourth-order valence-corrected chi connectivity index (χ4v) is 2.45. The predicted octanol–water partition coefficient (Wildman–Crippen LogP) is 2.72. The number of Topliss-reactive ketones (excluding diaryl/α,β-unsaturated/α-hetero) is 1. The molecule has 0 saturated heterocycles. The van der Waals surface area contributed by atoms with Crippen LogP contribution in [0.25, 0.3) is 5.69 Å². The van der Waals surface area contributed by atoms with Crippen LogP contribution in [0.3, 0.4) is 0 Å². The first-order chi connectivity index (χ1) is 12.1. The van der Waals surface area contributed by atoms with E-state index in [9.17, 15) is 9.59 Å². The van der Waals surface area contributed by atoms with Gasteiger partial charge in [-0.25, -0.2) is 4.68 Å². The summed E-state index contributed by atoms with van der Waals surface area (Å²) in [6.07, 6.45) is 4.30. The van der Waals surface area contributed by atoms with Crippen LogP contribution >= 0.6 is 0 Å². The molecule has 5 heteroatoms. The van der Waals surface area contributed by atoms with E-state index in [-0.39, 0.29) is 0 Å². The first-order valence-electron chi connectivity index (χ1n) is 8.11. The molecule has 1 N–H and O–H groups in total. The summed E-state index contributed by atoms with van der Waals surface area (Å²) in [5, 5.41) is 6.98. The van der Waals surface area contributed by atoms with E-state index < -0.39 is 11.7 Å². The van der Waals surface area contributed by atoms with Gasteiger partial charge in [0.15, 0.2) is 0 Å². The third-order valence-electron chi connectivity index (χ3n) is 3.88. The topological polar surface area (TPSA) is 64.0 Å². The number of hydrogen-bond donors (Lipinski definition) is 1. The zero-order chi connectivity index (χ0) is 17.6. The number of aromatic nitrogens is 2. The lowest BCUT2D eigenvalue weighted by Crippen LogP contribution is -2.32. The molecule has 0 aliphatic carbocycles. The summed E-state index contributed by atoms with van der Waals surface area (Å²) in [5.41, 5.74) is 3.42. The van der Waals surface area contributed by atoms with Crippen molar-refractivity contribution in [3.63, 3.8) is 0 Å². The second-order valence-corrected chi connectivity index (χ2v) is 5.83.